The van der Waals surface area contributed by atoms with Crippen LogP contribution in [0.4, 0.5) is 0 Å². The van der Waals surface area contributed by atoms with Gasteiger partial charge in [0, 0.05) is 13.5 Å². The first-order chi connectivity index (χ1) is 11.1. The zero-order valence-corrected chi connectivity index (χ0v) is 12.9. The maximum atomic E-state index is 11.0. The van der Waals surface area contributed by atoms with Crippen molar-refractivity contribution in [2.45, 2.75) is 19.1 Å². The molecule has 0 aliphatic carbocycles. The van der Waals surface area contributed by atoms with E-state index in [2.05, 4.69) is 5.32 Å². The highest BCUT2D eigenvalue weighted by molar-refractivity contribution is 6.09. The normalized spacial score (nSPS) is 13.9. The van der Waals surface area contributed by atoms with E-state index in [0.717, 1.165) is 21.5 Å². The van der Waals surface area contributed by atoms with Crippen LogP contribution in [0.25, 0.3) is 21.5 Å². The molecule has 3 rings (SSSR count). The quantitative estimate of drug-likeness (QED) is 0.649. The minimum absolute atomic E-state index is 0.0116. The Balaban J connectivity index is 2.10. The molecule has 2 unspecified atom stereocenters. The minimum Gasteiger partial charge on any atom is -0.388 e. The first kappa shape index (κ1) is 15.5. The van der Waals surface area contributed by atoms with E-state index in [1.807, 2.05) is 54.6 Å². The minimum atomic E-state index is -1.07. The van der Waals surface area contributed by atoms with E-state index >= 15 is 0 Å². The second-order valence-corrected chi connectivity index (χ2v) is 5.68. The number of amides is 1. The van der Waals surface area contributed by atoms with Crippen LogP contribution in [0.15, 0.2) is 54.6 Å². The lowest BCUT2D eigenvalue weighted by molar-refractivity contribution is -0.119. The lowest BCUT2D eigenvalue weighted by Gasteiger charge is -2.21. The Hall–Kier alpha value is -2.43. The molecule has 4 heteroatoms. The van der Waals surface area contributed by atoms with Crippen molar-refractivity contribution >= 4 is 27.5 Å². The highest BCUT2D eigenvalue weighted by atomic mass is 16.3. The standard InChI is InChI=1S/C19H19NO3/c1-12(21)20-11-18(22)19(23)17-10-13-6-2-3-7-14(13)15-8-4-5-9-16(15)17/h2-10,18-19,22-23H,11H2,1H3,(H,20,21). The maximum Gasteiger partial charge on any atom is 0.216 e. The van der Waals surface area contributed by atoms with Gasteiger partial charge in [-0.1, -0.05) is 48.5 Å². The largest absolute Gasteiger partial charge is 0.388 e. The van der Waals surface area contributed by atoms with Crippen LogP contribution in [0.2, 0.25) is 0 Å². The molecule has 0 aliphatic rings. The van der Waals surface area contributed by atoms with Crippen LogP contribution in [-0.4, -0.2) is 28.8 Å². The molecule has 0 bridgehead atoms. The molecule has 0 heterocycles. The van der Waals surface area contributed by atoms with Crippen molar-refractivity contribution in [2.24, 2.45) is 0 Å². The van der Waals surface area contributed by atoms with Crippen molar-refractivity contribution in [3.63, 3.8) is 0 Å². The summed E-state index contributed by atoms with van der Waals surface area (Å²) in [7, 11) is 0. The van der Waals surface area contributed by atoms with E-state index in [9.17, 15) is 15.0 Å². The molecule has 0 aliphatic heterocycles. The van der Waals surface area contributed by atoms with Crippen LogP contribution in [0.1, 0.15) is 18.6 Å². The van der Waals surface area contributed by atoms with Gasteiger partial charge in [0.15, 0.2) is 0 Å². The van der Waals surface area contributed by atoms with Gasteiger partial charge in [-0.05, 0) is 33.2 Å². The van der Waals surface area contributed by atoms with E-state index < -0.39 is 12.2 Å². The molecule has 0 saturated heterocycles. The van der Waals surface area contributed by atoms with Gasteiger partial charge in [0.2, 0.25) is 5.91 Å². The first-order valence-electron chi connectivity index (χ1n) is 7.59. The van der Waals surface area contributed by atoms with Crippen molar-refractivity contribution < 1.29 is 15.0 Å². The van der Waals surface area contributed by atoms with E-state index in [1.54, 1.807) is 0 Å². The molecule has 2 atom stereocenters. The Morgan fingerprint density at radius 1 is 1.00 bits per heavy atom. The fraction of sp³-hybridized carbons (Fsp3) is 0.211. The second kappa shape index (κ2) is 6.36. The molecule has 118 valence electrons. The van der Waals surface area contributed by atoms with Gasteiger partial charge in [0.1, 0.15) is 12.2 Å². The lowest BCUT2D eigenvalue weighted by Crippen LogP contribution is -2.34. The number of fused-ring (bicyclic) bond motifs is 3. The fourth-order valence-corrected chi connectivity index (χ4v) is 2.90. The summed E-state index contributed by atoms with van der Waals surface area (Å²) >= 11 is 0. The van der Waals surface area contributed by atoms with Gasteiger partial charge in [-0.3, -0.25) is 4.79 Å². The molecule has 0 fully saturated rings. The molecule has 0 saturated carbocycles. The predicted octanol–water partition coefficient (Wildman–Crippen LogP) is 2.52. The van der Waals surface area contributed by atoms with Crippen LogP contribution < -0.4 is 5.32 Å². The zero-order valence-electron chi connectivity index (χ0n) is 12.9. The molecular weight excluding hydrogens is 290 g/mol. The van der Waals surface area contributed by atoms with Gasteiger partial charge in [-0.15, -0.1) is 0 Å². The van der Waals surface area contributed by atoms with E-state index in [4.69, 9.17) is 0 Å². The summed E-state index contributed by atoms with van der Waals surface area (Å²) in [4.78, 5) is 11.0. The van der Waals surface area contributed by atoms with Gasteiger partial charge in [0.25, 0.3) is 0 Å². The average Bonchev–Trinajstić information content (AvgIpc) is 2.58. The van der Waals surface area contributed by atoms with E-state index in [1.165, 1.54) is 6.92 Å². The van der Waals surface area contributed by atoms with Crippen molar-refractivity contribution in [2.75, 3.05) is 6.54 Å². The van der Waals surface area contributed by atoms with Gasteiger partial charge in [0.05, 0.1) is 0 Å². The van der Waals surface area contributed by atoms with Crippen LogP contribution >= 0.6 is 0 Å². The van der Waals surface area contributed by atoms with Crippen molar-refractivity contribution in [1.82, 2.24) is 5.32 Å². The van der Waals surface area contributed by atoms with Crippen LogP contribution in [0.3, 0.4) is 0 Å². The molecule has 0 radical (unpaired) electrons. The highest BCUT2D eigenvalue weighted by Crippen LogP contribution is 2.32. The van der Waals surface area contributed by atoms with E-state index in [0.29, 0.717) is 5.56 Å². The summed E-state index contributed by atoms with van der Waals surface area (Å²) in [5, 5.41) is 27.3. The third-order valence-corrected chi connectivity index (χ3v) is 4.04. The van der Waals surface area contributed by atoms with Gasteiger partial charge in [-0.2, -0.15) is 0 Å². The maximum absolute atomic E-state index is 11.0. The highest BCUT2D eigenvalue weighted by Gasteiger charge is 2.21. The Morgan fingerprint density at radius 3 is 2.30 bits per heavy atom. The summed E-state index contributed by atoms with van der Waals surface area (Å²) < 4.78 is 0. The summed E-state index contributed by atoms with van der Waals surface area (Å²) in [6.07, 6.45) is -2.14. The fourth-order valence-electron chi connectivity index (χ4n) is 2.90. The Kier molecular flexibility index (Phi) is 4.28. The molecule has 0 spiro atoms. The summed E-state index contributed by atoms with van der Waals surface area (Å²) in [6.45, 7) is 1.39. The first-order valence-corrected chi connectivity index (χ1v) is 7.59. The van der Waals surface area contributed by atoms with E-state index in [-0.39, 0.29) is 12.5 Å². The van der Waals surface area contributed by atoms with Crippen LogP contribution in [0, 0.1) is 0 Å². The lowest BCUT2D eigenvalue weighted by atomic mass is 9.92. The van der Waals surface area contributed by atoms with Crippen molar-refractivity contribution in [1.29, 1.82) is 0 Å². The number of hydrogen-bond donors (Lipinski definition) is 3. The van der Waals surface area contributed by atoms with Gasteiger partial charge >= 0.3 is 0 Å². The van der Waals surface area contributed by atoms with Crippen molar-refractivity contribution in [3.05, 3.63) is 60.2 Å². The average molecular weight is 309 g/mol. The number of hydrogen-bond acceptors (Lipinski definition) is 3. The molecule has 3 N–H and O–H groups in total. The Morgan fingerprint density at radius 2 is 1.61 bits per heavy atom. The van der Waals surface area contributed by atoms with Gasteiger partial charge in [-0.25, -0.2) is 0 Å². The molecular formula is C19H19NO3. The molecule has 23 heavy (non-hydrogen) atoms. The molecule has 3 aromatic carbocycles. The Bertz CT molecular complexity index is 859. The number of nitrogens with one attached hydrogen (secondary N) is 1. The number of carbonyl (C=O) groups excluding carboxylic acids is 1. The topological polar surface area (TPSA) is 69.6 Å². The predicted molar refractivity (Wildman–Crippen MR) is 91.1 cm³/mol. The monoisotopic (exact) mass is 309 g/mol. The molecule has 3 aromatic rings. The third-order valence-electron chi connectivity index (χ3n) is 4.04. The number of aliphatic hydroxyl groups is 2. The number of benzene rings is 3. The number of rotatable bonds is 4. The summed E-state index contributed by atoms with van der Waals surface area (Å²) in [5.41, 5.74) is 0.664. The smallest absolute Gasteiger partial charge is 0.216 e. The molecule has 0 aromatic heterocycles. The summed E-state index contributed by atoms with van der Waals surface area (Å²) in [6, 6.07) is 17.7. The van der Waals surface area contributed by atoms with Gasteiger partial charge < -0.3 is 15.5 Å². The summed E-state index contributed by atoms with van der Waals surface area (Å²) in [5.74, 6) is -0.236. The number of carbonyl (C=O) groups is 1. The molecule has 4 nitrogen and oxygen atoms in total. The Labute approximate surface area is 134 Å². The SMILES string of the molecule is CC(=O)NCC(O)C(O)c1cc2ccccc2c2ccccc12. The van der Waals surface area contributed by atoms with Crippen LogP contribution in [0.5, 0.6) is 0 Å². The van der Waals surface area contributed by atoms with Crippen molar-refractivity contribution in [3.8, 4) is 0 Å². The molecule has 1 amide bonds. The van der Waals surface area contributed by atoms with Crippen LogP contribution in [-0.2, 0) is 4.79 Å². The number of aliphatic hydroxyl groups excluding tert-OH is 2. The third kappa shape index (κ3) is 3.04. The second-order valence-electron chi connectivity index (χ2n) is 5.68. The zero-order chi connectivity index (χ0) is 16.4.